The maximum absolute atomic E-state index is 14.2. The molecule has 0 unspecified atom stereocenters. The fourth-order valence-corrected chi connectivity index (χ4v) is 3.20. The van der Waals surface area contributed by atoms with Crippen LogP contribution in [0.2, 0.25) is 0 Å². The summed E-state index contributed by atoms with van der Waals surface area (Å²) < 4.78 is 33.5. The van der Waals surface area contributed by atoms with Crippen molar-refractivity contribution in [3.05, 3.63) is 100 Å². The number of ether oxygens (including phenoxy) is 1. The van der Waals surface area contributed by atoms with Crippen molar-refractivity contribution in [3.8, 4) is 11.8 Å². The van der Waals surface area contributed by atoms with Gasteiger partial charge < -0.3 is 4.74 Å². The van der Waals surface area contributed by atoms with Crippen molar-refractivity contribution < 1.29 is 13.5 Å². The molecule has 28 heavy (non-hydrogen) atoms. The minimum absolute atomic E-state index is 0.186. The summed E-state index contributed by atoms with van der Waals surface area (Å²) >= 11 is 0. The van der Waals surface area contributed by atoms with Crippen LogP contribution in [0.5, 0.6) is 0 Å². The Kier molecular flexibility index (Phi) is 5.16. The van der Waals surface area contributed by atoms with Gasteiger partial charge in [-0.25, -0.2) is 8.78 Å². The third-order valence-electron chi connectivity index (χ3n) is 4.65. The molecule has 3 aromatic rings. The van der Waals surface area contributed by atoms with Crippen molar-refractivity contribution in [2.45, 2.75) is 19.1 Å². The van der Waals surface area contributed by atoms with E-state index in [1.165, 1.54) is 11.6 Å². The average Bonchev–Trinajstić information content (AvgIpc) is 3.19. The highest BCUT2D eigenvalue weighted by atomic mass is 19.1. The summed E-state index contributed by atoms with van der Waals surface area (Å²) in [6.45, 7) is 2.27. The molecule has 140 valence electrons. The zero-order valence-electron chi connectivity index (χ0n) is 15.2. The van der Waals surface area contributed by atoms with Crippen molar-refractivity contribution in [2.75, 3.05) is 6.73 Å². The fraction of sp³-hybridized carbons (Fsp3) is 0.174. The zero-order chi connectivity index (χ0) is 19.5. The summed E-state index contributed by atoms with van der Waals surface area (Å²) in [5.74, 6) is 5.22. The van der Waals surface area contributed by atoms with Crippen LogP contribution in [0.3, 0.4) is 0 Å². The molecule has 5 heteroatoms. The lowest BCUT2D eigenvalue weighted by Crippen LogP contribution is -2.18. The van der Waals surface area contributed by atoms with Gasteiger partial charge in [-0.1, -0.05) is 29.5 Å². The van der Waals surface area contributed by atoms with E-state index in [2.05, 4.69) is 22.1 Å². The first-order chi connectivity index (χ1) is 13.6. The first-order valence-corrected chi connectivity index (χ1v) is 8.94. The summed E-state index contributed by atoms with van der Waals surface area (Å²) in [5, 5.41) is 3.18. The second-order valence-corrected chi connectivity index (χ2v) is 6.70. The molecule has 0 spiro atoms. The Morgan fingerprint density at radius 2 is 1.79 bits per heavy atom. The van der Waals surface area contributed by atoms with Gasteiger partial charge in [0, 0.05) is 29.1 Å². The number of nitrogens with one attached hydrogen (secondary N) is 1. The van der Waals surface area contributed by atoms with Crippen molar-refractivity contribution in [2.24, 2.45) is 0 Å². The van der Waals surface area contributed by atoms with E-state index >= 15 is 0 Å². The first-order valence-electron chi connectivity index (χ1n) is 8.94. The van der Waals surface area contributed by atoms with Crippen LogP contribution in [0.15, 0.2) is 60.9 Å². The van der Waals surface area contributed by atoms with E-state index in [0.29, 0.717) is 0 Å². The number of halogens is 2. The molecule has 1 aliphatic rings. The van der Waals surface area contributed by atoms with Gasteiger partial charge in [0.25, 0.3) is 0 Å². The minimum Gasteiger partial charge on any atom is -0.356 e. The van der Waals surface area contributed by atoms with E-state index in [0.717, 1.165) is 28.8 Å². The van der Waals surface area contributed by atoms with E-state index in [-0.39, 0.29) is 18.3 Å². The number of hydrogen-bond acceptors (Lipinski definition) is 3. The fourth-order valence-electron chi connectivity index (χ4n) is 3.20. The SMILES string of the molecule is Cc1ccc(C#Cc2cncc([C@H]3NCO[C@@H]3c3cc(F)ccc3F)c2)cc1. The van der Waals surface area contributed by atoms with E-state index in [4.69, 9.17) is 4.74 Å². The lowest BCUT2D eigenvalue weighted by molar-refractivity contribution is 0.0995. The third kappa shape index (κ3) is 3.94. The lowest BCUT2D eigenvalue weighted by Gasteiger charge is -2.19. The number of nitrogens with zero attached hydrogens (tertiary/aromatic N) is 1. The maximum atomic E-state index is 14.2. The van der Waals surface area contributed by atoms with Gasteiger partial charge in [0.1, 0.15) is 17.7 Å². The van der Waals surface area contributed by atoms with Gasteiger partial charge >= 0.3 is 0 Å². The molecule has 0 saturated carbocycles. The third-order valence-corrected chi connectivity index (χ3v) is 4.65. The quantitative estimate of drug-likeness (QED) is 0.672. The van der Waals surface area contributed by atoms with E-state index in [1.807, 2.05) is 37.3 Å². The van der Waals surface area contributed by atoms with Crippen LogP contribution in [-0.2, 0) is 4.74 Å². The molecule has 4 rings (SSSR count). The molecule has 0 aliphatic carbocycles. The standard InChI is InChI=1S/C23H18F2N2O/c1-15-2-4-16(5-3-15)6-7-17-10-18(13-26-12-17)22-23(28-14-27-22)20-11-19(24)8-9-21(20)25/h2-5,8-13,22-23,27H,14H2,1H3/t22-,23-/m1/s1. The molecule has 2 atom stereocenters. The highest BCUT2D eigenvalue weighted by Crippen LogP contribution is 2.37. The van der Waals surface area contributed by atoms with Crippen molar-refractivity contribution in [1.29, 1.82) is 0 Å². The largest absolute Gasteiger partial charge is 0.356 e. The van der Waals surface area contributed by atoms with Gasteiger partial charge in [0.15, 0.2) is 0 Å². The summed E-state index contributed by atoms with van der Waals surface area (Å²) in [6, 6.07) is 12.9. The maximum Gasteiger partial charge on any atom is 0.129 e. The van der Waals surface area contributed by atoms with Crippen molar-refractivity contribution in [1.82, 2.24) is 10.3 Å². The number of aromatic nitrogens is 1. The molecule has 1 N–H and O–H groups in total. The predicted molar refractivity (Wildman–Crippen MR) is 102 cm³/mol. The number of hydrogen-bond donors (Lipinski definition) is 1. The summed E-state index contributed by atoms with van der Waals surface area (Å²) in [4.78, 5) is 4.26. The van der Waals surface area contributed by atoms with Gasteiger partial charge in [0.2, 0.25) is 0 Å². The van der Waals surface area contributed by atoms with Gasteiger partial charge in [-0.15, -0.1) is 0 Å². The molecular weight excluding hydrogens is 358 g/mol. The smallest absolute Gasteiger partial charge is 0.129 e. The zero-order valence-corrected chi connectivity index (χ0v) is 15.2. The highest BCUT2D eigenvalue weighted by Gasteiger charge is 2.33. The van der Waals surface area contributed by atoms with Crippen LogP contribution >= 0.6 is 0 Å². The molecule has 2 aromatic carbocycles. The Labute approximate surface area is 162 Å². The lowest BCUT2D eigenvalue weighted by atomic mass is 9.96. The van der Waals surface area contributed by atoms with Crippen LogP contribution in [0.1, 0.15) is 40.0 Å². The average molecular weight is 376 g/mol. The Hall–Kier alpha value is -3.07. The van der Waals surface area contributed by atoms with Crippen LogP contribution in [0, 0.1) is 30.4 Å². The number of rotatable bonds is 2. The van der Waals surface area contributed by atoms with E-state index in [9.17, 15) is 8.78 Å². The first kappa shape index (κ1) is 18.3. The molecule has 0 radical (unpaired) electrons. The van der Waals surface area contributed by atoms with Gasteiger partial charge in [-0.3, -0.25) is 10.3 Å². The predicted octanol–water partition coefficient (Wildman–Crippen LogP) is 4.43. The molecular formula is C23H18F2N2O. The van der Waals surface area contributed by atoms with Crippen LogP contribution in [0.25, 0.3) is 0 Å². The van der Waals surface area contributed by atoms with Crippen molar-refractivity contribution in [3.63, 3.8) is 0 Å². The van der Waals surface area contributed by atoms with Crippen LogP contribution in [-0.4, -0.2) is 11.7 Å². The number of aryl methyl sites for hydroxylation is 1. The Balaban J connectivity index is 1.62. The Bertz CT molecular complexity index is 1050. The van der Waals surface area contributed by atoms with E-state index < -0.39 is 17.7 Å². The topological polar surface area (TPSA) is 34.2 Å². The van der Waals surface area contributed by atoms with Crippen LogP contribution < -0.4 is 5.32 Å². The normalized spacial score (nSPS) is 18.5. The van der Waals surface area contributed by atoms with Crippen LogP contribution in [0.4, 0.5) is 8.78 Å². The molecule has 3 nitrogen and oxygen atoms in total. The molecule has 1 aliphatic heterocycles. The summed E-state index contributed by atoms with van der Waals surface area (Å²) in [6.07, 6.45) is 2.73. The summed E-state index contributed by atoms with van der Waals surface area (Å²) in [5.41, 5.74) is 3.83. The molecule has 2 heterocycles. The molecule has 1 fully saturated rings. The second kappa shape index (κ2) is 7.89. The van der Waals surface area contributed by atoms with Gasteiger partial charge in [-0.05, 0) is 48.9 Å². The molecule has 0 amide bonds. The van der Waals surface area contributed by atoms with E-state index in [1.54, 1.807) is 12.4 Å². The number of pyridine rings is 1. The molecule has 1 aromatic heterocycles. The van der Waals surface area contributed by atoms with Gasteiger partial charge in [0.05, 0.1) is 12.8 Å². The van der Waals surface area contributed by atoms with Gasteiger partial charge in [-0.2, -0.15) is 0 Å². The Morgan fingerprint density at radius 3 is 2.61 bits per heavy atom. The summed E-state index contributed by atoms with van der Waals surface area (Å²) in [7, 11) is 0. The molecule has 1 saturated heterocycles. The second-order valence-electron chi connectivity index (χ2n) is 6.70. The minimum atomic E-state index is -0.641. The monoisotopic (exact) mass is 376 g/mol. The highest BCUT2D eigenvalue weighted by molar-refractivity contribution is 5.44. The Morgan fingerprint density at radius 1 is 1.00 bits per heavy atom. The molecule has 0 bridgehead atoms. The van der Waals surface area contributed by atoms with Crippen molar-refractivity contribution >= 4 is 0 Å². The number of benzene rings is 2.